The van der Waals surface area contributed by atoms with Gasteiger partial charge in [-0.25, -0.2) is 0 Å². The lowest BCUT2D eigenvalue weighted by Crippen LogP contribution is -2.43. The van der Waals surface area contributed by atoms with Crippen molar-refractivity contribution < 1.29 is 9.53 Å². The second-order valence-electron chi connectivity index (χ2n) is 3.71. The van der Waals surface area contributed by atoms with Crippen molar-refractivity contribution in [3.63, 3.8) is 0 Å². The Morgan fingerprint density at radius 2 is 2.40 bits per heavy atom. The summed E-state index contributed by atoms with van der Waals surface area (Å²) in [7, 11) is 3.56. The van der Waals surface area contributed by atoms with Crippen LogP contribution in [-0.4, -0.2) is 50.7 Å². The maximum Gasteiger partial charge on any atom is 0.229 e. The number of ether oxygens (including phenoxy) is 1. The van der Waals surface area contributed by atoms with Gasteiger partial charge < -0.3 is 15.0 Å². The Bertz CT molecular complexity index is 262. The minimum Gasteiger partial charge on any atom is -0.379 e. The number of carbonyl (C=O) groups is 1. The molecule has 1 amide bonds. The first-order valence-corrected chi connectivity index (χ1v) is 5.07. The Morgan fingerprint density at radius 1 is 1.67 bits per heavy atom. The number of carbonyl (C=O) groups excluding carboxylic acids is 1. The van der Waals surface area contributed by atoms with Crippen LogP contribution in [0.25, 0.3) is 0 Å². The second kappa shape index (κ2) is 5.69. The van der Waals surface area contributed by atoms with E-state index in [4.69, 9.17) is 10.00 Å². The fourth-order valence-corrected chi connectivity index (χ4v) is 1.69. The van der Waals surface area contributed by atoms with Gasteiger partial charge in [0.25, 0.3) is 0 Å². The van der Waals surface area contributed by atoms with Gasteiger partial charge in [0.05, 0.1) is 31.6 Å². The molecule has 1 heterocycles. The van der Waals surface area contributed by atoms with Gasteiger partial charge in [0.2, 0.25) is 5.91 Å². The van der Waals surface area contributed by atoms with Crippen LogP contribution in [0, 0.1) is 17.2 Å². The minimum atomic E-state index is -0.112. The second-order valence-corrected chi connectivity index (χ2v) is 3.71. The zero-order valence-electron chi connectivity index (χ0n) is 9.19. The summed E-state index contributed by atoms with van der Waals surface area (Å²) in [5.41, 5.74) is 0. The van der Waals surface area contributed by atoms with Crippen molar-refractivity contribution in [1.82, 2.24) is 10.2 Å². The number of nitrogens with zero attached hydrogens (tertiary/aromatic N) is 2. The molecule has 5 heteroatoms. The monoisotopic (exact) mass is 211 g/mol. The third kappa shape index (κ3) is 2.91. The summed E-state index contributed by atoms with van der Waals surface area (Å²) < 4.78 is 5.26. The number of nitriles is 1. The Labute approximate surface area is 90.0 Å². The highest BCUT2D eigenvalue weighted by atomic mass is 16.5. The quantitative estimate of drug-likeness (QED) is 0.686. The Kier molecular flexibility index (Phi) is 4.53. The van der Waals surface area contributed by atoms with Crippen LogP contribution in [-0.2, 0) is 9.53 Å². The maximum absolute atomic E-state index is 11.9. The minimum absolute atomic E-state index is 0.0575. The van der Waals surface area contributed by atoms with Gasteiger partial charge in [0.1, 0.15) is 0 Å². The number of nitrogens with one attached hydrogen (secondary N) is 1. The van der Waals surface area contributed by atoms with E-state index in [9.17, 15) is 4.79 Å². The van der Waals surface area contributed by atoms with Gasteiger partial charge in [-0.1, -0.05) is 0 Å². The maximum atomic E-state index is 11.9. The topological polar surface area (TPSA) is 65.4 Å². The van der Waals surface area contributed by atoms with E-state index < -0.39 is 0 Å². The number of hydrogen-bond donors (Lipinski definition) is 1. The van der Waals surface area contributed by atoms with Crippen LogP contribution in [0.4, 0.5) is 0 Å². The van der Waals surface area contributed by atoms with E-state index in [0.717, 1.165) is 0 Å². The number of hydrogen-bond acceptors (Lipinski definition) is 4. The smallest absolute Gasteiger partial charge is 0.229 e. The van der Waals surface area contributed by atoms with E-state index in [1.807, 2.05) is 13.1 Å². The average Bonchev–Trinajstić information content (AvgIpc) is 2.72. The normalized spacial score (nSPS) is 24.9. The molecule has 0 aromatic rings. The predicted octanol–water partition coefficient (Wildman–Crippen LogP) is -0.407. The van der Waals surface area contributed by atoms with Crippen LogP contribution in [0.15, 0.2) is 0 Å². The van der Waals surface area contributed by atoms with Crippen LogP contribution in [0.5, 0.6) is 0 Å². The van der Waals surface area contributed by atoms with Crippen LogP contribution in [0.3, 0.4) is 0 Å². The summed E-state index contributed by atoms with van der Waals surface area (Å²) in [5.74, 6) is -0.0548. The molecule has 1 rings (SSSR count). The van der Waals surface area contributed by atoms with E-state index in [1.54, 1.807) is 11.9 Å². The largest absolute Gasteiger partial charge is 0.379 e. The van der Waals surface area contributed by atoms with Crippen LogP contribution in [0.2, 0.25) is 0 Å². The zero-order valence-corrected chi connectivity index (χ0v) is 9.19. The van der Waals surface area contributed by atoms with Crippen molar-refractivity contribution in [3.8, 4) is 6.07 Å². The highest BCUT2D eigenvalue weighted by Crippen LogP contribution is 2.15. The van der Waals surface area contributed by atoms with Gasteiger partial charge in [-0.2, -0.15) is 5.26 Å². The summed E-state index contributed by atoms with van der Waals surface area (Å²) >= 11 is 0. The highest BCUT2D eigenvalue weighted by molar-refractivity contribution is 5.79. The molecule has 0 aliphatic carbocycles. The number of amides is 1. The molecule has 2 atom stereocenters. The van der Waals surface area contributed by atoms with E-state index in [-0.39, 0.29) is 17.9 Å². The fourth-order valence-electron chi connectivity index (χ4n) is 1.69. The summed E-state index contributed by atoms with van der Waals surface area (Å²) in [6.07, 6.45) is 0.375. The van der Waals surface area contributed by atoms with Gasteiger partial charge >= 0.3 is 0 Å². The van der Waals surface area contributed by atoms with Gasteiger partial charge in [-0.15, -0.1) is 0 Å². The van der Waals surface area contributed by atoms with E-state index in [0.29, 0.717) is 26.2 Å². The number of rotatable bonds is 4. The first kappa shape index (κ1) is 12.0. The molecule has 1 aliphatic rings. The molecule has 0 bridgehead atoms. The number of likely N-dealkylation sites (N-methyl/N-ethyl adjacent to an activating group) is 1. The van der Waals surface area contributed by atoms with E-state index in [2.05, 4.69) is 5.32 Å². The molecule has 2 unspecified atom stereocenters. The third-order valence-corrected chi connectivity index (χ3v) is 2.70. The van der Waals surface area contributed by atoms with Crippen LogP contribution < -0.4 is 5.32 Å². The van der Waals surface area contributed by atoms with Crippen molar-refractivity contribution >= 4 is 5.91 Å². The first-order valence-electron chi connectivity index (χ1n) is 5.07. The summed E-state index contributed by atoms with van der Waals surface area (Å²) in [6, 6.07) is 2.13. The summed E-state index contributed by atoms with van der Waals surface area (Å²) in [5, 5.41) is 11.5. The molecule has 1 fully saturated rings. The van der Waals surface area contributed by atoms with Gasteiger partial charge in [-0.3, -0.25) is 4.79 Å². The van der Waals surface area contributed by atoms with Crippen molar-refractivity contribution in [2.45, 2.75) is 12.5 Å². The average molecular weight is 211 g/mol. The van der Waals surface area contributed by atoms with Gasteiger partial charge in [-0.05, 0) is 7.05 Å². The molecule has 1 saturated heterocycles. The van der Waals surface area contributed by atoms with Gasteiger partial charge in [0.15, 0.2) is 0 Å². The van der Waals surface area contributed by atoms with Gasteiger partial charge in [0, 0.05) is 19.6 Å². The summed E-state index contributed by atoms with van der Waals surface area (Å²) in [4.78, 5) is 13.5. The molecule has 0 saturated carbocycles. The Hall–Kier alpha value is -1.12. The SMILES string of the molecule is CNC1COCC1C(=O)N(C)CCC#N. The lowest BCUT2D eigenvalue weighted by molar-refractivity contribution is -0.134. The van der Waals surface area contributed by atoms with Crippen molar-refractivity contribution in [2.75, 3.05) is 33.9 Å². The lowest BCUT2D eigenvalue weighted by Gasteiger charge is -2.22. The molecule has 0 aromatic carbocycles. The third-order valence-electron chi connectivity index (χ3n) is 2.70. The Balaban J connectivity index is 2.48. The van der Waals surface area contributed by atoms with E-state index in [1.165, 1.54) is 0 Å². The molecule has 0 aromatic heterocycles. The molecule has 0 spiro atoms. The molecule has 15 heavy (non-hydrogen) atoms. The first-order chi connectivity index (χ1) is 7.20. The summed E-state index contributed by atoms with van der Waals surface area (Å²) in [6.45, 7) is 1.54. The van der Waals surface area contributed by atoms with Crippen molar-refractivity contribution in [1.29, 1.82) is 5.26 Å². The van der Waals surface area contributed by atoms with Crippen LogP contribution >= 0.6 is 0 Å². The molecule has 1 aliphatic heterocycles. The highest BCUT2D eigenvalue weighted by Gasteiger charge is 2.34. The molecular weight excluding hydrogens is 194 g/mol. The van der Waals surface area contributed by atoms with Crippen LogP contribution in [0.1, 0.15) is 6.42 Å². The zero-order chi connectivity index (χ0) is 11.3. The van der Waals surface area contributed by atoms with E-state index >= 15 is 0 Å². The molecule has 84 valence electrons. The molecule has 0 radical (unpaired) electrons. The molecular formula is C10H17N3O2. The fraction of sp³-hybridized carbons (Fsp3) is 0.800. The van der Waals surface area contributed by atoms with Crippen molar-refractivity contribution in [2.24, 2.45) is 5.92 Å². The van der Waals surface area contributed by atoms with Crippen molar-refractivity contribution in [3.05, 3.63) is 0 Å². The lowest BCUT2D eigenvalue weighted by atomic mass is 10.0. The Morgan fingerprint density at radius 3 is 3.00 bits per heavy atom. The molecule has 5 nitrogen and oxygen atoms in total. The molecule has 1 N–H and O–H groups in total. The predicted molar refractivity (Wildman–Crippen MR) is 55.0 cm³/mol. The standard InChI is InChI=1S/C10H17N3O2/c1-12-9-7-15-6-8(9)10(14)13(2)5-3-4-11/h8-9,12H,3,5-7H2,1-2H3.